The second-order valence-corrected chi connectivity index (χ2v) is 5.55. The number of hydrogen-bond acceptors (Lipinski definition) is 2. The number of aryl methyl sites for hydroxylation is 1. The largest absolute Gasteiger partial charge is 0.389 e. The Balaban J connectivity index is 2.42. The average Bonchev–Trinajstić information content (AvgIpc) is 2.37. The Kier molecular flexibility index (Phi) is 4.48. The smallest absolute Gasteiger partial charge is 0.160 e. The van der Waals surface area contributed by atoms with Crippen molar-refractivity contribution in [2.45, 2.75) is 6.92 Å². The zero-order chi connectivity index (χ0) is 14.9. The van der Waals surface area contributed by atoms with Crippen LogP contribution < -0.4 is 11.1 Å². The Morgan fingerprint density at radius 3 is 2.35 bits per heavy atom. The molecule has 0 saturated heterocycles. The maximum Gasteiger partial charge on any atom is 0.160 e. The topological polar surface area (TPSA) is 38.0 Å². The normalized spacial score (nSPS) is 10.4. The highest BCUT2D eigenvalue weighted by molar-refractivity contribution is 7.80. The van der Waals surface area contributed by atoms with Crippen molar-refractivity contribution in [2.24, 2.45) is 5.73 Å². The summed E-state index contributed by atoms with van der Waals surface area (Å²) in [6, 6.07) is 8.53. The van der Waals surface area contributed by atoms with Crippen LogP contribution in [0.4, 0.5) is 15.8 Å². The fourth-order valence-electron chi connectivity index (χ4n) is 1.75. The Hall–Kier alpha value is -1.36. The van der Waals surface area contributed by atoms with Gasteiger partial charge in [-0.3, -0.25) is 0 Å². The van der Waals surface area contributed by atoms with Crippen LogP contribution in [-0.4, -0.2) is 4.99 Å². The molecule has 0 aliphatic rings. The van der Waals surface area contributed by atoms with Crippen molar-refractivity contribution >= 4 is 51.8 Å². The van der Waals surface area contributed by atoms with Crippen molar-refractivity contribution in [2.75, 3.05) is 5.32 Å². The van der Waals surface area contributed by atoms with Gasteiger partial charge in [-0.2, -0.15) is 0 Å². The highest BCUT2D eigenvalue weighted by Crippen LogP contribution is 2.30. The van der Waals surface area contributed by atoms with Gasteiger partial charge in [-0.1, -0.05) is 47.0 Å². The third-order valence-electron chi connectivity index (χ3n) is 2.70. The molecule has 0 fully saturated rings. The van der Waals surface area contributed by atoms with Crippen LogP contribution >= 0.6 is 35.4 Å². The molecule has 0 heterocycles. The zero-order valence-corrected chi connectivity index (χ0v) is 12.8. The molecular weight excluding hydrogens is 318 g/mol. The highest BCUT2D eigenvalue weighted by atomic mass is 35.5. The highest BCUT2D eigenvalue weighted by Gasteiger charge is 2.10. The molecule has 0 aliphatic carbocycles. The van der Waals surface area contributed by atoms with Gasteiger partial charge < -0.3 is 11.1 Å². The summed E-state index contributed by atoms with van der Waals surface area (Å²) < 4.78 is 13.4. The molecule has 0 saturated carbocycles. The van der Waals surface area contributed by atoms with Gasteiger partial charge in [0.05, 0.1) is 10.0 Å². The van der Waals surface area contributed by atoms with Gasteiger partial charge in [0, 0.05) is 16.9 Å². The third kappa shape index (κ3) is 3.20. The molecule has 2 aromatic carbocycles. The number of halogens is 3. The summed E-state index contributed by atoms with van der Waals surface area (Å²) in [6.45, 7) is 1.94. The minimum absolute atomic E-state index is 0.0519. The van der Waals surface area contributed by atoms with Crippen LogP contribution in [0, 0.1) is 12.7 Å². The molecule has 2 rings (SSSR count). The van der Waals surface area contributed by atoms with Crippen LogP contribution in [0.15, 0.2) is 30.3 Å². The maximum absolute atomic E-state index is 13.4. The van der Waals surface area contributed by atoms with Crippen molar-refractivity contribution in [3.63, 3.8) is 0 Å². The van der Waals surface area contributed by atoms with E-state index < -0.39 is 5.82 Å². The Labute approximate surface area is 131 Å². The van der Waals surface area contributed by atoms with Gasteiger partial charge in [-0.05, 0) is 31.2 Å². The first kappa shape index (κ1) is 15.0. The molecule has 0 radical (unpaired) electrons. The maximum atomic E-state index is 13.4. The van der Waals surface area contributed by atoms with Crippen LogP contribution in [-0.2, 0) is 0 Å². The van der Waals surface area contributed by atoms with Crippen LogP contribution in [0.2, 0.25) is 10.0 Å². The summed E-state index contributed by atoms with van der Waals surface area (Å²) in [4.78, 5) is 0.274. The lowest BCUT2D eigenvalue weighted by Crippen LogP contribution is -2.12. The molecule has 0 amide bonds. The molecule has 6 heteroatoms. The van der Waals surface area contributed by atoms with E-state index in [1.807, 2.05) is 25.1 Å². The molecular formula is C14H11Cl2FN2S. The molecule has 0 spiro atoms. The number of nitrogens with one attached hydrogen (secondary N) is 1. The SMILES string of the molecule is Cc1ccc(Nc2cc(Cl)c(F)c(Cl)c2)c(C(N)=S)c1. The molecule has 3 N–H and O–H groups in total. The average molecular weight is 329 g/mol. The van der Waals surface area contributed by atoms with Gasteiger partial charge >= 0.3 is 0 Å². The fraction of sp³-hybridized carbons (Fsp3) is 0.0714. The number of nitrogens with two attached hydrogens (primary N) is 1. The number of thiocarbonyl (C=S) groups is 1. The van der Waals surface area contributed by atoms with E-state index in [9.17, 15) is 4.39 Å². The van der Waals surface area contributed by atoms with Crippen molar-refractivity contribution < 1.29 is 4.39 Å². The zero-order valence-electron chi connectivity index (χ0n) is 10.5. The predicted molar refractivity (Wildman–Crippen MR) is 86.8 cm³/mol. The van der Waals surface area contributed by atoms with Gasteiger partial charge in [0.2, 0.25) is 0 Å². The molecule has 0 bridgehead atoms. The lowest BCUT2D eigenvalue weighted by atomic mass is 10.1. The lowest BCUT2D eigenvalue weighted by molar-refractivity contribution is 0.629. The monoisotopic (exact) mass is 328 g/mol. The van der Waals surface area contributed by atoms with E-state index in [4.69, 9.17) is 41.2 Å². The second kappa shape index (κ2) is 5.95. The van der Waals surface area contributed by atoms with Gasteiger partial charge in [0.15, 0.2) is 5.82 Å². The summed E-state index contributed by atoms with van der Waals surface area (Å²) in [5.41, 5.74) is 8.71. The number of hydrogen-bond donors (Lipinski definition) is 2. The Morgan fingerprint density at radius 1 is 1.20 bits per heavy atom. The molecule has 20 heavy (non-hydrogen) atoms. The van der Waals surface area contributed by atoms with E-state index in [0.717, 1.165) is 5.56 Å². The van der Waals surface area contributed by atoms with Gasteiger partial charge in [-0.25, -0.2) is 4.39 Å². The quantitative estimate of drug-likeness (QED) is 0.626. The lowest BCUT2D eigenvalue weighted by Gasteiger charge is -2.13. The minimum atomic E-state index is -0.641. The third-order valence-corrected chi connectivity index (χ3v) is 3.47. The van der Waals surface area contributed by atoms with Crippen molar-refractivity contribution in [3.05, 3.63) is 57.3 Å². The standard InChI is InChI=1S/C14H11Cl2FN2S/c1-7-2-3-12(9(4-7)14(18)20)19-8-5-10(15)13(17)11(16)6-8/h2-6,19H,1H3,(H2,18,20). The summed E-state index contributed by atoms with van der Waals surface area (Å²) in [5, 5.41) is 2.98. The first-order chi connectivity index (χ1) is 9.38. The van der Waals surface area contributed by atoms with E-state index >= 15 is 0 Å². The summed E-state index contributed by atoms with van der Waals surface area (Å²) in [7, 11) is 0. The van der Waals surface area contributed by atoms with Crippen LogP contribution in [0.25, 0.3) is 0 Å². The van der Waals surface area contributed by atoms with Crippen LogP contribution in [0.5, 0.6) is 0 Å². The fourth-order valence-corrected chi connectivity index (χ4v) is 2.41. The second-order valence-electron chi connectivity index (χ2n) is 4.29. The first-order valence-electron chi connectivity index (χ1n) is 5.70. The predicted octanol–water partition coefficient (Wildman–Crippen LogP) is 4.82. The molecule has 0 unspecified atom stereocenters. The van der Waals surface area contributed by atoms with Crippen LogP contribution in [0.1, 0.15) is 11.1 Å². The van der Waals surface area contributed by atoms with E-state index in [0.29, 0.717) is 16.9 Å². The summed E-state index contributed by atoms with van der Waals surface area (Å²) in [6.07, 6.45) is 0. The molecule has 2 nitrogen and oxygen atoms in total. The molecule has 2 aromatic rings. The molecule has 0 aromatic heterocycles. The van der Waals surface area contributed by atoms with Crippen molar-refractivity contribution in [1.29, 1.82) is 0 Å². The first-order valence-corrected chi connectivity index (χ1v) is 6.87. The summed E-state index contributed by atoms with van der Waals surface area (Å²) >= 11 is 16.5. The van der Waals surface area contributed by atoms with Gasteiger partial charge in [0.1, 0.15) is 4.99 Å². The van der Waals surface area contributed by atoms with E-state index in [1.165, 1.54) is 12.1 Å². The Bertz CT molecular complexity index is 666. The van der Waals surface area contributed by atoms with Crippen molar-refractivity contribution in [1.82, 2.24) is 0 Å². The van der Waals surface area contributed by atoms with Crippen LogP contribution in [0.3, 0.4) is 0 Å². The Morgan fingerprint density at radius 2 is 1.80 bits per heavy atom. The number of rotatable bonds is 3. The molecule has 0 atom stereocenters. The van der Waals surface area contributed by atoms with Crippen molar-refractivity contribution in [3.8, 4) is 0 Å². The summed E-state index contributed by atoms with van der Waals surface area (Å²) in [5.74, 6) is -0.641. The van der Waals surface area contributed by atoms with E-state index in [2.05, 4.69) is 5.32 Å². The van der Waals surface area contributed by atoms with Gasteiger partial charge in [-0.15, -0.1) is 0 Å². The molecule has 0 aliphatic heterocycles. The van der Waals surface area contributed by atoms with E-state index in [-0.39, 0.29) is 15.0 Å². The number of anilines is 2. The van der Waals surface area contributed by atoms with E-state index in [1.54, 1.807) is 0 Å². The minimum Gasteiger partial charge on any atom is -0.389 e. The number of benzene rings is 2. The molecule has 104 valence electrons. The van der Waals surface area contributed by atoms with Gasteiger partial charge in [0.25, 0.3) is 0 Å².